The van der Waals surface area contributed by atoms with Crippen LogP contribution in [0, 0.1) is 59.3 Å². The number of thiazole rings is 1. The van der Waals surface area contributed by atoms with Gasteiger partial charge in [0.25, 0.3) is 0 Å². The van der Waals surface area contributed by atoms with Crippen LogP contribution >= 0.6 is 57.2 Å². The highest BCUT2D eigenvalue weighted by Gasteiger charge is 2.47. The lowest BCUT2D eigenvalue weighted by molar-refractivity contribution is -0.150. The summed E-state index contributed by atoms with van der Waals surface area (Å²) in [5.74, 6) is -0.898. The van der Waals surface area contributed by atoms with E-state index in [0.717, 1.165) is 86.3 Å². The molecule has 5 aromatic heterocycles. The number of hydrogen-bond donors (Lipinski definition) is 5. The Balaban J connectivity index is 0.655. The predicted molar refractivity (Wildman–Crippen MR) is 471 cm³/mol. The first-order valence-electron chi connectivity index (χ1n) is 41.6. The number of aliphatic imine (C=N–C) groups is 2. The number of nitrogens with zero attached hydrogens (tertiary/aromatic N) is 10. The molecule has 3 aliphatic rings. The molecule has 8 aromatic rings. The van der Waals surface area contributed by atoms with Crippen molar-refractivity contribution in [1.29, 1.82) is 0 Å². The summed E-state index contributed by atoms with van der Waals surface area (Å²) in [7, 11) is 0. The van der Waals surface area contributed by atoms with Crippen LogP contribution in [0.1, 0.15) is 188 Å². The lowest BCUT2D eigenvalue weighted by Gasteiger charge is -2.35. The van der Waals surface area contributed by atoms with Gasteiger partial charge in [-0.2, -0.15) is 0 Å². The molecule has 11 rings (SSSR count). The van der Waals surface area contributed by atoms with E-state index in [1.54, 1.807) is 49.0 Å². The standard InChI is InChI=1S/C88H112Cl2N14O16S3/c1-52-56(5)122-85-75(52)77(61-23-27-64(89)28-24-61)95-67(81-100-98-58(7)103(81)85)44-70(105)91-31-33-113-35-37-115-39-41-117-48-88(12,49-118-42-40-116-38-36-114-34-32-92-71(106)45-68-82-101-99-59(8)104(82)86-76(53(2)57(6)123-86)78(96-68)62-25-29-65(90)30-26-62)50-119-47-72(107)97-80(87(9,10)11)84(112)102-46-66(120-74(110)18-16-14-13-15-17-73(108)109)43-69(102)83(111)94-54(3)60-19-21-63(22-20-60)79-55(4)93-51-121-79/h19-30,51,54,66-69,80H,13-18,31-50H2,1-12H3,(H,91,105)(H,92,106)(H,94,111)(H,97,107)(H,108,109)/t54-,66+,67-,68-,69-,80?/m0/s1. The Labute approximate surface area is 739 Å². The minimum atomic E-state index is -1.17. The fourth-order valence-corrected chi connectivity index (χ4v) is 18.2. The number of hydrogen-bond acceptors (Lipinski definition) is 25. The maximum absolute atomic E-state index is 15.1. The Morgan fingerprint density at radius 2 is 1.02 bits per heavy atom. The number of carboxylic acid groups (broad SMARTS) is 1. The first-order chi connectivity index (χ1) is 58.9. The minimum Gasteiger partial charge on any atom is -0.481 e. The van der Waals surface area contributed by atoms with Crippen LogP contribution in [0.5, 0.6) is 0 Å². The fourth-order valence-electron chi connectivity index (χ4n) is 14.7. The lowest BCUT2D eigenvalue weighted by Crippen LogP contribution is -2.58. The Morgan fingerprint density at radius 1 is 0.561 bits per heavy atom. The lowest BCUT2D eigenvalue weighted by atomic mass is 9.85. The summed E-state index contributed by atoms with van der Waals surface area (Å²) in [5.41, 5.74) is 10.2. The number of nitrogens with one attached hydrogen (secondary N) is 4. The molecule has 3 aromatic carbocycles. The molecule has 662 valence electrons. The monoisotopic (exact) mass is 1790 g/mol. The molecule has 1 saturated heterocycles. The van der Waals surface area contributed by atoms with Gasteiger partial charge in [0.05, 0.1) is 139 Å². The zero-order valence-corrected chi connectivity index (χ0v) is 75.8. The van der Waals surface area contributed by atoms with Crippen molar-refractivity contribution in [3.8, 4) is 20.4 Å². The van der Waals surface area contributed by atoms with Crippen LogP contribution in [0.2, 0.25) is 10.0 Å². The van der Waals surface area contributed by atoms with Gasteiger partial charge < -0.3 is 69.2 Å². The van der Waals surface area contributed by atoms with E-state index in [1.807, 2.05) is 117 Å². The van der Waals surface area contributed by atoms with E-state index in [-0.39, 0.29) is 149 Å². The normalized spacial score (nSPS) is 16.1. The summed E-state index contributed by atoms with van der Waals surface area (Å²) >= 11 is 17.4. The zero-order valence-electron chi connectivity index (χ0n) is 71.9. The molecule has 30 nitrogen and oxygen atoms in total. The summed E-state index contributed by atoms with van der Waals surface area (Å²) in [5, 5.41) is 42.0. The van der Waals surface area contributed by atoms with Crippen molar-refractivity contribution in [3.05, 3.63) is 166 Å². The van der Waals surface area contributed by atoms with E-state index in [9.17, 15) is 28.8 Å². The number of rotatable bonds is 46. The van der Waals surface area contributed by atoms with Crippen molar-refractivity contribution in [2.24, 2.45) is 20.8 Å². The summed E-state index contributed by atoms with van der Waals surface area (Å²) in [6.45, 7) is 25.6. The highest BCUT2D eigenvalue weighted by Crippen LogP contribution is 2.43. The molecule has 0 aliphatic carbocycles. The third kappa shape index (κ3) is 25.6. The molecule has 5 amide bonds. The molecule has 0 bridgehead atoms. The number of fused-ring (bicyclic) bond motifs is 6. The van der Waals surface area contributed by atoms with Crippen molar-refractivity contribution in [3.63, 3.8) is 0 Å². The molecule has 35 heteroatoms. The first-order valence-corrected chi connectivity index (χ1v) is 44.8. The van der Waals surface area contributed by atoms with Gasteiger partial charge in [0.1, 0.15) is 58.5 Å². The number of aryl methyl sites for hydroxylation is 5. The van der Waals surface area contributed by atoms with Crippen LogP contribution in [0.3, 0.4) is 0 Å². The van der Waals surface area contributed by atoms with Crippen molar-refractivity contribution in [1.82, 2.24) is 60.7 Å². The Morgan fingerprint density at radius 3 is 1.50 bits per heavy atom. The Kier molecular flexibility index (Phi) is 34.3. The number of benzene rings is 3. The van der Waals surface area contributed by atoms with Gasteiger partial charge in [0, 0.05) is 79.8 Å². The second-order valence-electron chi connectivity index (χ2n) is 32.4. The number of likely N-dealkylation sites (tertiary alicyclic amines) is 1. The van der Waals surface area contributed by atoms with E-state index >= 15 is 4.79 Å². The minimum absolute atomic E-state index is 0.0108. The number of esters is 1. The Bertz CT molecular complexity index is 4820. The first kappa shape index (κ1) is 94.6. The van der Waals surface area contributed by atoms with Crippen LogP contribution < -0.4 is 21.3 Å². The summed E-state index contributed by atoms with van der Waals surface area (Å²) in [4.78, 5) is 115. The molecule has 1 fully saturated rings. The van der Waals surface area contributed by atoms with Gasteiger partial charge in [0.15, 0.2) is 11.6 Å². The molecule has 5 N–H and O–H groups in total. The molecule has 0 saturated carbocycles. The van der Waals surface area contributed by atoms with Crippen molar-refractivity contribution >= 4 is 110 Å². The fraction of sp³-hybridized carbons (Fsp3) is 0.523. The number of ether oxygens (including phenoxy) is 8. The quantitative estimate of drug-likeness (QED) is 0.0175. The highest BCUT2D eigenvalue weighted by molar-refractivity contribution is 7.15. The topological polar surface area (TPSA) is 364 Å². The number of aromatic nitrogens is 7. The number of unbranched alkanes of at least 4 members (excludes halogenated alkanes) is 3. The average molecular weight is 1790 g/mol. The van der Waals surface area contributed by atoms with Crippen molar-refractivity contribution in [2.45, 2.75) is 177 Å². The van der Waals surface area contributed by atoms with E-state index < -0.39 is 83.4 Å². The Hall–Kier alpha value is -9.10. The van der Waals surface area contributed by atoms with Crippen LogP contribution in [0.25, 0.3) is 20.4 Å². The number of thiophene rings is 2. The molecule has 6 atom stereocenters. The summed E-state index contributed by atoms with van der Waals surface area (Å²) < 4.78 is 52.0. The number of halogens is 2. The van der Waals surface area contributed by atoms with Crippen LogP contribution in [-0.4, -0.2) is 228 Å². The third-order valence-electron chi connectivity index (χ3n) is 21.5. The van der Waals surface area contributed by atoms with Crippen molar-refractivity contribution < 1.29 is 76.6 Å². The van der Waals surface area contributed by atoms with Gasteiger partial charge in [-0.15, -0.1) is 54.4 Å². The van der Waals surface area contributed by atoms with E-state index in [4.69, 9.17) is 76.2 Å². The number of carbonyl (C=O) groups excluding carboxylic acids is 6. The predicted octanol–water partition coefficient (Wildman–Crippen LogP) is 12.5. The molecule has 8 heterocycles. The van der Waals surface area contributed by atoms with Gasteiger partial charge >= 0.3 is 11.9 Å². The maximum atomic E-state index is 15.1. The second-order valence-corrected chi connectivity index (χ2v) is 36.6. The molecular formula is C88H112Cl2N14O16S3. The molecular weight excluding hydrogens is 1680 g/mol. The zero-order chi connectivity index (χ0) is 88.1. The molecule has 0 radical (unpaired) electrons. The van der Waals surface area contributed by atoms with Gasteiger partial charge in [-0.05, 0) is 120 Å². The average Bonchev–Trinajstić information content (AvgIpc) is 1.59. The number of carboxylic acids is 1. The number of carbonyl (C=O) groups is 7. The second kappa shape index (κ2) is 44.7. The van der Waals surface area contributed by atoms with E-state index in [0.29, 0.717) is 59.0 Å². The molecule has 123 heavy (non-hydrogen) atoms. The van der Waals surface area contributed by atoms with Crippen LogP contribution in [-0.2, 0) is 71.5 Å². The van der Waals surface area contributed by atoms with E-state index in [2.05, 4.69) is 74.3 Å². The number of amides is 5. The van der Waals surface area contributed by atoms with Gasteiger partial charge in [-0.3, -0.25) is 52.7 Å². The van der Waals surface area contributed by atoms with Crippen molar-refractivity contribution in [2.75, 3.05) is 112 Å². The van der Waals surface area contributed by atoms with Gasteiger partial charge in [-0.25, -0.2) is 4.98 Å². The largest absolute Gasteiger partial charge is 0.481 e. The van der Waals surface area contributed by atoms with E-state index in [1.165, 1.54) is 16.2 Å². The summed E-state index contributed by atoms with van der Waals surface area (Å²) in [6, 6.07) is 18.9. The molecule has 0 spiro atoms. The van der Waals surface area contributed by atoms with Gasteiger partial charge in [0.2, 0.25) is 29.5 Å². The summed E-state index contributed by atoms with van der Waals surface area (Å²) in [6.07, 6.45) is 1.58. The molecule has 3 aliphatic heterocycles. The molecule has 1 unspecified atom stereocenters. The number of aliphatic carboxylic acids is 1. The smallest absolute Gasteiger partial charge is 0.306 e. The maximum Gasteiger partial charge on any atom is 0.306 e. The SMILES string of the molecule is Cc1ncsc1-c1ccc([C@H](C)NC(=O)[C@@H]2C[C@@H](OC(=O)CCCCCCC(=O)O)CN2C(=O)C(NC(=O)COCC(C)(COCCOCCOCCNC(=O)C[C@@H]2N=C(c3ccc(Cl)cc3)c3c(sc(C)c3C)-n3c(C)nnc32)COCCOCCOCCNC(=O)C[C@@H]2N=C(c3ccc(Cl)cc3)c3c(sc(C)c3C)-n3c(C)nnc32)C(C)(C)C)cc1. The van der Waals surface area contributed by atoms with Crippen LogP contribution in [0.4, 0.5) is 0 Å². The highest BCUT2D eigenvalue weighted by atomic mass is 35.5. The van der Waals surface area contributed by atoms with Crippen LogP contribution in [0.15, 0.2) is 88.3 Å². The third-order valence-corrected chi connectivity index (χ3v) is 25.4. The van der Waals surface area contributed by atoms with Gasteiger partial charge in [-0.1, -0.05) is 112 Å².